The Bertz CT molecular complexity index is 781. The van der Waals surface area contributed by atoms with E-state index in [1.807, 2.05) is 24.0 Å². The summed E-state index contributed by atoms with van der Waals surface area (Å²) in [5.74, 6) is -0.220. The third-order valence-corrected chi connectivity index (χ3v) is 5.75. The van der Waals surface area contributed by atoms with Crippen LogP contribution in [0.5, 0.6) is 0 Å². The SMILES string of the molecule is Cc1ccc2nc(NC(=O)C3CC(=O)N(C4CCC4)C3)sc2c1. The Labute approximate surface area is 138 Å². The Balaban J connectivity index is 1.45. The number of carbonyl (C=O) groups is 2. The van der Waals surface area contributed by atoms with Gasteiger partial charge in [-0.1, -0.05) is 17.4 Å². The number of carbonyl (C=O) groups excluding carboxylic acids is 2. The van der Waals surface area contributed by atoms with Gasteiger partial charge in [0.2, 0.25) is 11.8 Å². The molecule has 0 radical (unpaired) electrons. The van der Waals surface area contributed by atoms with E-state index in [0.717, 1.165) is 23.1 Å². The van der Waals surface area contributed by atoms with Gasteiger partial charge in [-0.15, -0.1) is 0 Å². The van der Waals surface area contributed by atoms with Crippen LogP contribution in [0, 0.1) is 12.8 Å². The minimum absolute atomic E-state index is 0.0871. The highest BCUT2D eigenvalue weighted by atomic mass is 32.1. The van der Waals surface area contributed by atoms with Gasteiger partial charge in [0.1, 0.15) is 0 Å². The largest absolute Gasteiger partial charge is 0.339 e. The van der Waals surface area contributed by atoms with Gasteiger partial charge in [-0.3, -0.25) is 9.59 Å². The maximum Gasteiger partial charge on any atom is 0.231 e. The lowest BCUT2D eigenvalue weighted by molar-refractivity contribution is -0.131. The van der Waals surface area contributed by atoms with Gasteiger partial charge in [0.15, 0.2) is 5.13 Å². The van der Waals surface area contributed by atoms with E-state index in [4.69, 9.17) is 0 Å². The van der Waals surface area contributed by atoms with Crippen LogP contribution in [-0.2, 0) is 9.59 Å². The summed E-state index contributed by atoms with van der Waals surface area (Å²) in [7, 11) is 0. The fourth-order valence-electron chi connectivity index (χ4n) is 3.25. The lowest BCUT2D eigenvalue weighted by Gasteiger charge is -2.34. The monoisotopic (exact) mass is 329 g/mol. The Morgan fingerprint density at radius 1 is 1.39 bits per heavy atom. The molecule has 2 aliphatic rings. The molecule has 2 heterocycles. The number of nitrogens with zero attached hydrogens (tertiary/aromatic N) is 2. The lowest BCUT2D eigenvalue weighted by Crippen LogP contribution is -2.41. The fraction of sp³-hybridized carbons (Fsp3) is 0.471. The molecule has 6 heteroatoms. The zero-order valence-corrected chi connectivity index (χ0v) is 13.9. The van der Waals surface area contributed by atoms with Gasteiger partial charge in [-0.25, -0.2) is 4.98 Å². The number of hydrogen-bond acceptors (Lipinski definition) is 4. The summed E-state index contributed by atoms with van der Waals surface area (Å²) in [4.78, 5) is 30.9. The molecule has 1 aliphatic heterocycles. The smallest absolute Gasteiger partial charge is 0.231 e. The van der Waals surface area contributed by atoms with E-state index < -0.39 is 0 Å². The molecule has 4 rings (SSSR count). The van der Waals surface area contributed by atoms with E-state index >= 15 is 0 Å². The lowest BCUT2D eigenvalue weighted by atomic mass is 9.92. The Morgan fingerprint density at radius 2 is 2.22 bits per heavy atom. The van der Waals surface area contributed by atoms with Crippen LogP contribution in [0.1, 0.15) is 31.2 Å². The van der Waals surface area contributed by atoms with Gasteiger partial charge < -0.3 is 10.2 Å². The molecule has 2 aromatic rings. The second-order valence-electron chi connectivity index (χ2n) is 6.51. The molecule has 1 saturated carbocycles. The third kappa shape index (κ3) is 2.72. The van der Waals surface area contributed by atoms with Crippen LogP contribution in [0.2, 0.25) is 0 Å². The molecule has 120 valence electrons. The molecule has 1 N–H and O–H groups in total. The van der Waals surface area contributed by atoms with Crippen molar-refractivity contribution in [2.24, 2.45) is 5.92 Å². The summed E-state index contributed by atoms with van der Waals surface area (Å²) in [6, 6.07) is 6.42. The number of aryl methyl sites for hydroxylation is 1. The second-order valence-corrected chi connectivity index (χ2v) is 7.54. The summed E-state index contributed by atoms with van der Waals surface area (Å²) in [6.07, 6.45) is 3.68. The molecular formula is C17H19N3O2S. The zero-order chi connectivity index (χ0) is 16.0. The molecule has 2 fully saturated rings. The van der Waals surface area contributed by atoms with Gasteiger partial charge in [0.05, 0.1) is 16.1 Å². The van der Waals surface area contributed by atoms with Crippen molar-refractivity contribution in [1.82, 2.24) is 9.88 Å². The average molecular weight is 329 g/mol. The summed E-state index contributed by atoms with van der Waals surface area (Å²) >= 11 is 1.48. The molecule has 1 aliphatic carbocycles. The first-order valence-electron chi connectivity index (χ1n) is 8.07. The van der Waals surface area contributed by atoms with Crippen molar-refractivity contribution in [3.05, 3.63) is 23.8 Å². The first-order chi connectivity index (χ1) is 11.1. The van der Waals surface area contributed by atoms with Gasteiger partial charge in [0.25, 0.3) is 0 Å². The van der Waals surface area contributed by atoms with E-state index in [-0.39, 0.29) is 17.7 Å². The van der Waals surface area contributed by atoms with Crippen LogP contribution in [0.15, 0.2) is 18.2 Å². The molecule has 1 saturated heterocycles. The quantitative estimate of drug-likeness (QED) is 0.942. The Kier molecular flexibility index (Phi) is 3.56. The number of likely N-dealkylation sites (tertiary alicyclic amines) is 1. The summed E-state index contributed by atoms with van der Waals surface area (Å²) in [6.45, 7) is 2.59. The average Bonchev–Trinajstić information content (AvgIpc) is 3.00. The van der Waals surface area contributed by atoms with Crippen molar-refractivity contribution in [2.45, 2.75) is 38.6 Å². The van der Waals surface area contributed by atoms with Gasteiger partial charge in [0, 0.05) is 19.0 Å². The van der Waals surface area contributed by atoms with Crippen molar-refractivity contribution in [3.8, 4) is 0 Å². The molecule has 1 unspecified atom stereocenters. The molecule has 23 heavy (non-hydrogen) atoms. The number of fused-ring (bicyclic) bond motifs is 1. The predicted molar refractivity (Wildman–Crippen MR) is 90.4 cm³/mol. The Hall–Kier alpha value is -1.95. The van der Waals surface area contributed by atoms with Gasteiger partial charge >= 0.3 is 0 Å². The van der Waals surface area contributed by atoms with Crippen LogP contribution in [0.4, 0.5) is 5.13 Å². The van der Waals surface area contributed by atoms with Crippen molar-refractivity contribution < 1.29 is 9.59 Å². The standard InChI is InChI=1S/C17H19N3O2S/c1-10-5-6-13-14(7-10)23-17(18-13)19-16(22)11-8-15(21)20(9-11)12-3-2-4-12/h5-7,11-12H,2-4,8-9H2,1H3,(H,18,19,22). The van der Waals surface area contributed by atoms with Crippen LogP contribution in [0.3, 0.4) is 0 Å². The molecule has 2 amide bonds. The number of nitrogens with one attached hydrogen (secondary N) is 1. The minimum atomic E-state index is -0.253. The number of aromatic nitrogens is 1. The molecular weight excluding hydrogens is 310 g/mol. The number of amides is 2. The van der Waals surface area contributed by atoms with Crippen molar-refractivity contribution in [2.75, 3.05) is 11.9 Å². The van der Waals surface area contributed by atoms with Crippen LogP contribution in [0.25, 0.3) is 10.2 Å². The fourth-order valence-corrected chi connectivity index (χ4v) is 4.22. The van der Waals surface area contributed by atoms with Crippen molar-refractivity contribution in [3.63, 3.8) is 0 Å². The van der Waals surface area contributed by atoms with Crippen LogP contribution >= 0.6 is 11.3 Å². The zero-order valence-electron chi connectivity index (χ0n) is 13.0. The first-order valence-corrected chi connectivity index (χ1v) is 8.89. The van der Waals surface area contributed by atoms with Gasteiger partial charge in [-0.05, 0) is 43.9 Å². The molecule has 1 atom stereocenters. The molecule has 1 aromatic heterocycles. The highest BCUT2D eigenvalue weighted by Gasteiger charge is 2.39. The molecule has 5 nitrogen and oxygen atoms in total. The Morgan fingerprint density at radius 3 is 2.96 bits per heavy atom. The van der Waals surface area contributed by atoms with E-state index in [1.165, 1.54) is 23.3 Å². The summed E-state index contributed by atoms with van der Waals surface area (Å²) in [5.41, 5.74) is 2.08. The second kappa shape index (κ2) is 5.60. The van der Waals surface area contributed by atoms with Crippen molar-refractivity contribution >= 4 is 38.5 Å². The normalized spacial score (nSPS) is 21.7. The number of rotatable bonds is 3. The number of anilines is 1. The highest BCUT2D eigenvalue weighted by molar-refractivity contribution is 7.22. The van der Waals surface area contributed by atoms with E-state index in [0.29, 0.717) is 24.1 Å². The highest BCUT2D eigenvalue weighted by Crippen LogP contribution is 2.32. The number of benzene rings is 1. The molecule has 0 bridgehead atoms. The minimum Gasteiger partial charge on any atom is -0.339 e. The number of hydrogen-bond donors (Lipinski definition) is 1. The van der Waals surface area contributed by atoms with Crippen LogP contribution in [-0.4, -0.2) is 34.3 Å². The molecule has 0 spiro atoms. The third-order valence-electron chi connectivity index (χ3n) is 4.82. The van der Waals surface area contributed by atoms with E-state index in [9.17, 15) is 9.59 Å². The first kappa shape index (κ1) is 14.6. The van der Waals surface area contributed by atoms with E-state index in [2.05, 4.69) is 16.4 Å². The summed E-state index contributed by atoms with van der Waals surface area (Å²) in [5, 5.41) is 3.51. The van der Waals surface area contributed by atoms with E-state index in [1.54, 1.807) is 0 Å². The number of thiazole rings is 1. The predicted octanol–water partition coefficient (Wildman–Crippen LogP) is 2.94. The molecule has 1 aromatic carbocycles. The maximum absolute atomic E-state index is 12.5. The topological polar surface area (TPSA) is 62.3 Å². The van der Waals surface area contributed by atoms with Crippen LogP contribution < -0.4 is 5.32 Å². The summed E-state index contributed by atoms with van der Waals surface area (Å²) < 4.78 is 1.07. The van der Waals surface area contributed by atoms with Crippen molar-refractivity contribution in [1.29, 1.82) is 0 Å². The van der Waals surface area contributed by atoms with Gasteiger partial charge in [-0.2, -0.15) is 0 Å². The maximum atomic E-state index is 12.5.